The topological polar surface area (TPSA) is 48.9 Å². The van der Waals surface area contributed by atoms with E-state index in [1.54, 1.807) is 0 Å². The van der Waals surface area contributed by atoms with Crippen LogP contribution in [0.25, 0.3) is 0 Å². The number of halogens is 1. The van der Waals surface area contributed by atoms with Gasteiger partial charge in [-0.2, -0.15) is 11.8 Å². The minimum atomic E-state index is 0. The highest BCUT2D eigenvalue weighted by molar-refractivity contribution is 14.0. The summed E-state index contributed by atoms with van der Waals surface area (Å²) in [4.78, 5) is 7.20. The lowest BCUT2D eigenvalue weighted by molar-refractivity contribution is 0.0341. The summed E-state index contributed by atoms with van der Waals surface area (Å²) >= 11 is 1.84. The van der Waals surface area contributed by atoms with Crippen LogP contribution in [0.4, 0.5) is 0 Å². The number of aliphatic imine (C=N–C) groups is 1. The van der Waals surface area contributed by atoms with Crippen molar-refractivity contribution in [3.63, 3.8) is 0 Å². The summed E-state index contributed by atoms with van der Waals surface area (Å²) in [5, 5.41) is 6.70. The number of benzene rings is 1. The molecule has 0 aliphatic carbocycles. The molecule has 1 aromatic carbocycles. The van der Waals surface area contributed by atoms with Gasteiger partial charge in [0, 0.05) is 38.5 Å². The first-order chi connectivity index (χ1) is 11.8. The van der Waals surface area contributed by atoms with Crippen LogP contribution < -0.4 is 10.6 Å². The first-order valence-electron chi connectivity index (χ1n) is 8.71. The van der Waals surface area contributed by atoms with Gasteiger partial charge < -0.3 is 15.4 Å². The lowest BCUT2D eigenvalue weighted by Crippen LogP contribution is -2.38. The van der Waals surface area contributed by atoms with E-state index in [-0.39, 0.29) is 24.0 Å². The Morgan fingerprint density at radius 2 is 1.92 bits per heavy atom. The van der Waals surface area contributed by atoms with Gasteiger partial charge in [0.15, 0.2) is 5.96 Å². The Hall–Kier alpha value is -0.510. The Morgan fingerprint density at radius 3 is 2.60 bits per heavy atom. The highest BCUT2D eigenvalue weighted by Crippen LogP contribution is 2.14. The Labute approximate surface area is 173 Å². The average molecular weight is 478 g/mol. The van der Waals surface area contributed by atoms with E-state index in [2.05, 4.69) is 53.0 Å². The van der Waals surface area contributed by atoms with Crippen LogP contribution in [0.2, 0.25) is 0 Å². The molecule has 0 atom stereocenters. The molecule has 0 unspecified atom stereocenters. The molecule has 1 saturated heterocycles. The van der Waals surface area contributed by atoms with Crippen molar-refractivity contribution in [1.29, 1.82) is 0 Å². The van der Waals surface area contributed by atoms with Crippen LogP contribution in [-0.2, 0) is 17.8 Å². The number of thioether (sulfide) groups is 1. The van der Waals surface area contributed by atoms with Crippen LogP contribution in [0.15, 0.2) is 29.3 Å². The molecule has 142 valence electrons. The molecule has 0 radical (unpaired) electrons. The van der Waals surface area contributed by atoms with Gasteiger partial charge in [-0.15, -0.1) is 24.0 Å². The smallest absolute Gasteiger partial charge is 0.191 e. The van der Waals surface area contributed by atoms with Crippen molar-refractivity contribution in [2.75, 3.05) is 51.4 Å². The van der Waals surface area contributed by atoms with E-state index in [4.69, 9.17) is 9.73 Å². The number of hydrogen-bond donors (Lipinski definition) is 2. The van der Waals surface area contributed by atoms with Crippen molar-refractivity contribution in [1.82, 2.24) is 15.5 Å². The molecule has 5 nitrogen and oxygen atoms in total. The molecule has 7 heteroatoms. The van der Waals surface area contributed by atoms with E-state index in [0.717, 1.165) is 57.6 Å². The van der Waals surface area contributed by atoms with Crippen molar-refractivity contribution >= 4 is 41.7 Å². The maximum Gasteiger partial charge on any atom is 0.191 e. The fraction of sp³-hybridized carbons (Fsp3) is 0.611. The van der Waals surface area contributed by atoms with Gasteiger partial charge in [0.2, 0.25) is 0 Å². The van der Waals surface area contributed by atoms with Crippen LogP contribution in [-0.4, -0.2) is 62.3 Å². The molecule has 0 spiro atoms. The molecule has 2 rings (SSSR count). The fourth-order valence-corrected chi connectivity index (χ4v) is 2.95. The van der Waals surface area contributed by atoms with E-state index >= 15 is 0 Å². The summed E-state index contributed by atoms with van der Waals surface area (Å²) in [5.41, 5.74) is 2.66. The monoisotopic (exact) mass is 478 g/mol. The number of hydrogen-bond acceptors (Lipinski definition) is 4. The summed E-state index contributed by atoms with van der Waals surface area (Å²) in [7, 11) is 0. The summed E-state index contributed by atoms with van der Waals surface area (Å²) in [5.74, 6) is 1.98. The van der Waals surface area contributed by atoms with E-state index < -0.39 is 0 Å². The van der Waals surface area contributed by atoms with Gasteiger partial charge in [0.1, 0.15) is 0 Å². The predicted octanol–water partition coefficient (Wildman–Crippen LogP) is 2.55. The zero-order valence-electron chi connectivity index (χ0n) is 15.3. The van der Waals surface area contributed by atoms with Crippen LogP contribution in [0, 0.1) is 0 Å². The molecule has 1 aromatic rings. The van der Waals surface area contributed by atoms with Gasteiger partial charge in [0.25, 0.3) is 0 Å². The quantitative estimate of drug-likeness (QED) is 0.260. The van der Waals surface area contributed by atoms with Crippen molar-refractivity contribution < 1.29 is 4.74 Å². The van der Waals surface area contributed by atoms with Crippen LogP contribution in [0.1, 0.15) is 18.1 Å². The van der Waals surface area contributed by atoms with E-state index in [9.17, 15) is 0 Å². The van der Waals surface area contributed by atoms with Gasteiger partial charge in [-0.1, -0.05) is 24.3 Å². The standard InChI is InChI=1S/C18H30N4OS.HI/c1-3-19-18(20-8-13-24-2)21-14-16-6-4-5-7-17(16)15-22-9-11-23-12-10-22;/h4-7H,3,8-15H2,1-2H3,(H2,19,20,21);1H. The number of rotatable bonds is 8. The van der Waals surface area contributed by atoms with Gasteiger partial charge >= 0.3 is 0 Å². The first-order valence-corrected chi connectivity index (χ1v) is 10.1. The predicted molar refractivity (Wildman–Crippen MR) is 119 cm³/mol. The van der Waals surface area contributed by atoms with Gasteiger partial charge in [-0.05, 0) is 24.3 Å². The summed E-state index contributed by atoms with van der Waals surface area (Å²) in [6.45, 7) is 9.28. The summed E-state index contributed by atoms with van der Waals surface area (Å²) in [6.07, 6.45) is 2.12. The Balaban J connectivity index is 0.00000312. The lowest BCUT2D eigenvalue weighted by atomic mass is 10.1. The van der Waals surface area contributed by atoms with E-state index in [1.807, 2.05) is 11.8 Å². The molecular formula is C18H31IN4OS. The molecule has 1 heterocycles. The fourth-order valence-electron chi connectivity index (χ4n) is 2.64. The molecule has 0 bridgehead atoms. The van der Waals surface area contributed by atoms with Crippen LogP contribution in [0.5, 0.6) is 0 Å². The van der Waals surface area contributed by atoms with Crippen molar-refractivity contribution in [2.24, 2.45) is 4.99 Å². The molecule has 1 aliphatic rings. The van der Waals surface area contributed by atoms with Crippen molar-refractivity contribution in [3.05, 3.63) is 35.4 Å². The number of morpholine rings is 1. The molecule has 1 aliphatic heterocycles. The molecular weight excluding hydrogens is 447 g/mol. The third-order valence-corrected chi connectivity index (χ3v) is 4.58. The zero-order chi connectivity index (χ0) is 17.0. The number of ether oxygens (including phenoxy) is 1. The second-order valence-corrected chi connectivity index (χ2v) is 6.76. The largest absolute Gasteiger partial charge is 0.379 e. The highest BCUT2D eigenvalue weighted by atomic mass is 127. The third kappa shape index (κ3) is 8.61. The lowest BCUT2D eigenvalue weighted by Gasteiger charge is -2.27. The summed E-state index contributed by atoms with van der Waals surface area (Å²) < 4.78 is 5.44. The van der Waals surface area contributed by atoms with Gasteiger partial charge in [-0.25, -0.2) is 4.99 Å². The number of nitrogens with one attached hydrogen (secondary N) is 2. The SMILES string of the molecule is CCNC(=NCc1ccccc1CN1CCOCC1)NCCSC.I. The minimum Gasteiger partial charge on any atom is -0.379 e. The van der Waals surface area contributed by atoms with Crippen LogP contribution in [0.3, 0.4) is 0 Å². The molecule has 0 amide bonds. The number of nitrogens with zero attached hydrogens (tertiary/aromatic N) is 2. The van der Waals surface area contributed by atoms with Crippen molar-refractivity contribution in [2.45, 2.75) is 20.0 Å². The average Bonchev–Trinajstić information content (AvgIpc) is 2.62. The maximum atomic E-state index is 5.44. The minimum absolute atomic E-state index is 0. The second kappa shape index (κ2) is 13.7. The van der Waals surface area contributed by atoms with Crippen LogP contribution >= 0.6 is 35.7 Å². The maximum absolute atomic E-state index is 5.44. The molecule has 0 saturated carbocycles. The summed E-state index contributed by atoms with van der Waals surface area (Å²) in [6, 6.07) is 8.62. The molecule has 25 heavy (non-hydrogen) atoms. The van der Waals surface area contributed by atoms with E-state index in [0.29, 0.717) is 6.54 Å². The highest BCUT2D eigenvalue weighted by Gasteiger charge is 2.12. The Morgan fingerprint density at radius 1 is 1.20 bits per heavy atom. The van der Waals surface area contributed by atoms with Crippen molar-refractivity contribution in [3.8, 4) is 0 Å². The molecule has 0 aromatic heterocycles. The second-order valence-electron chi connectivity index (χ2n) is 5.77. The molecule has 1 fully saturated rings. The Kier molecular flexibility index (Phi) is 12.3. The normalized spacial score (nSPS) is 15.5. The molecule has 2 N–H and O–H groups in total. The third-order valence-electron chi connectivity index (χ3n) is 3.97. The zero-order valence-corrected chi connectivity index (χ0v) is 18.4. The first kappa shape index (κ1) is 22.5. The van der Waals surface area contributed by atoms with Gasteiger partial charge in [0.05, 0.1) is 19.8 Å². The van der Waals surface area contributed by atoms with Gasteiger partial charge in [-0.3, -0.25) is 4.90 Å². The Bertz CT molecular complexity index is 510. The van der Waals surface area contributed by atoms with E-state index in [1.165, 1.54) is 11.1 Å². The number of guanidine groups is 1.